The van der Waals surface area contributed by atoms with E-state index in [4.69, 9.17) is 10.6 Å². The van der Waals surface area contributed by atoms with Gasteiger partial charge in [0.2, 0.25) is 0 Å². The Morgan fingerprint density at radius 1 is 1.36 bits per heavy atom. The van der Waals surface area contributed by atoms with Crippen LogP contribution in [0, 0.1) is 0 Å². The van der Waals surface area contributed by atoms with Gasteiger partial charge in [0.25, 0.3) is 0 Å². The van der Waals surface area contributed by atoms with Crippen molar-refractivity contribution < 1.29 is 9.22 Å². The number of hydrogen-bond acceptors (Lipinski definition) is 3. The molecule has 4 heteroatoms. The van der Waals surface area contributed by atoms with Gasteiger partial charge >= 0.3 is 0 Å². The summed E-state index contributed by atoms with van der Waals surface area (Å²) < 4.78 is 17.1. The normalized spacial score (nSPS) is 9.36. The maximum atomic E-state index is 12.2. The lowest BCUT2D eigenvalue weighted by Crippen LogP contribution is -2.19. The Morgan fingerprint density at radius 3 is 2.27 bits per heavy atom. The van der Waals surface area contributed by atoms with E-state index in [0.717, 1.165) is 0 Å². The van der Waals surface area contributed by atoms with Crippen molar-refractivity contribution >= 4 is 5.69 Å². The zero-order valence-electron chi connectivity index (χ0n) is 6.12. The molecule has 0 saturated heterocycles. The van der Waals surface area contributed by atoms with Gasteiger partial charge in [0, 0.05) is 0 Å². The molecule has 0 aromatic heterocycles. The fourth-order valence-electron chi connectivity index (χ4n) is 0.725. The topological polar surface area (TPSA) is 38.5 Å². The molecule has 0 aliphatic carbocycles. The van der Waals surface area contributed by atoms with Crippen molar-refractivity contribution in [2.75, 3.05) is 12.3 Å². The summed E-state index contributed by atoms with van der Waals surface area (Å²) >= 11 is 0. The summed E-state index contributed by atoms with van der Waals surface area (Å²) in [4.78, 5) is 0. The van der Waals surface area contributed by atoms with Gasteiger partial charge in [0.1, 0.15) is 5.75 Å². The van der Waals surface area contributed by atoms with Gasteiger partial charge in [0.15, 0.2) is 0 Å². The van der Waals surface area contributed by atoms with Gasteiger partial charge in [-0.2, -0.15) is 0 Å². The Morgan fingerprint density at radius 2 is 1.91 bits per heavy atom. The number of nitrogens with zero attached hydrogens (tertiary/aromatic N) is 1. The Labute approximate surface area is 64.1 Å². The molecule has 0 spiro atoms. The SMILES string of the molecule is COc1ccc(N(N)F)cc1. The molecular weight excluding hydrogens is 147 g/mol. The van der Waals surface area contributed by atoms with E-state index in [1.807, 2.05) is 0 Å². The summed E-state index contributed by atoms with van der Waals surface area (Å²) in [6.45, 7) is 0. The molecule has 0 amide bonds. The number of benzene rings is 1. The first-order valence-corrected chi connectivity index (χ1v) is 3.08. The van der Waals surface area contributed by atoms with Crippen LogP contribution in [0.4, 0.5) is 10.2 Å². The highest BCUT2D eigenvalue weighted by atomic mass is 19.2. The summed E-state index contributed by atoms with van der Waals surface area (Å²) in [6.07, 6.45) is 0. The molecule has 0 aliphatic heterocycles. The third-order valence-corrected chi connectivity index (χ3v) is 1.32. The lowest BCUT2D eigenvalue weighted by molar-refractivity contribution is 0.413. The van der Waals surface area contributed by atoms with Crippen molar-refractivity contribution in [2.45, 2.75) is 0 Å². The monoisotopic (exact) mass is 156 g/mol. The zero-order valence-corrected chi connectivity index (χ0v) is 6.12. The van der Waals surface area contributed by atoms with E-state index >= 15 is 0 Å². The molecular formula is C7H9FN2O. The van der Waals surface area contributed by atoms with Crippen molar-refractivity contribution in [1.29, 1.82) is 0 Å². The van der Waals surface area contributed by atoms with Gasteiger partial charge < -0.3 is 4.74 Å². The second kappa shape index (κ2) is 3.21. The highest BCUT2D eigenvalue weighted by molar-refractivity contribution is 5.45. The summed E-state index contributed by atoms with van der Waals surface area (Å²) in [5, 5.41) is 0.0550. The van der Waals surface area contributed by atoms with Gasteiger partial charge in [-0.3, -0.25) is 0 Å². The van der Waals surface area contributed by atoms with E-state index in [-0.39, 0.29) is 5.23 Å². The van der Waals surface area contributed by atoms with Crippen LogP contribution < -0.4 is 15.8 Å². The van der Waals surface area contributed by atoms with Gasteiger partial charge in [0.05, 0.1) is 12.8 Å². The van der Waals surface area contributed by atoms with Crippen LogP contribution in [-0.2, 0) is 0 Å². The molecule has 0 heterocycles. The van der Waals surface area contributed by atoms with Gasteiger partial charge in [-0.25, -0.2) is 5.84 Å². The first kappa shape index (κ1) is 7.81. The molecule has 0 atom stereocenters. The Balaban J connectivity index is 2.83. The highest BCUT2D eigenvalue weighted by Gasteiger charge is 1.97. The second-order valence-electron chi connectivity index (χ2n) is 2.01. The first-order valence-electron chi connectivity index (χ1n) is 3.08. The second-order valence-corrected chi connectivity index (χ2v) is 2.01. The van der Waals surface area contributed by atoms with Crippen molar-refractivity contribution in [3.8, 4) is 5.75 Å². The minimum absolute atomic E-state index is 0.0550. The smallest absolute Gasteiger partial charge is 0.119 e. The predicted octanol–water partition coefficient (Wildman–Crippen LogP) is 1.26. The molecule has 3 nitrogen and oxygen atoms in total. The van der Waals surface area contributed by atoms with E-state index < -0.39 is 0 Å². The molecule has 1 aromatic rings. The summed E-state index contributed by atoms with van der Waals surface area (Å²) in [6, 6.07) is 6.32. The van der Waals surface area contributed by atoms with Crippen LogP contribution >= 0.6 is 0 Å². The summed E-state index contributed by atoms with van der Waals surface area (Å²) in [7, 11) is 1.55. The van der Waals surface area contributed by atoms with Gasteiger partial charge in [-0.05, 0) is 24.3 Å². The molecule has 0 fully saturated rings. The number of hydrogen-bond donors (Lipinski definition) is 1. The van der Waals surface area contributed by atoms with Crippen LogP contribution in [0.2, 0.25) is 0 Å². The zero-order chi connectivity index (χ0) is 8.27. The van der Waals surface area contributed by atoms with Crippen molar-refractivity contribution in [1.82, 2.24) is 0 Å². The number of rotatable bonds is 2. The van der Waals surface area contributed by atoms with Crippen LogP contribution in [0.25, 0.3) is 0 Å². The highest BCUT2D eigenvalue weighted by Crippen LogP contribution is 2.16. The number of anilines is 1. The Bertz CT molecular complexity index is 222. The average Bonchev–Trinajstić information content (AvgIpc) is 2.05. The van der Waals surface area contributed by atoms with E-state index in [1.54, 1.807) is 19.2 Å². The van der Waals surface area contributed by atoms with Gasteiger partial charge in [-0.1, -0.05) is 4.48 Å². The van der Waals surface area contributed by atoms with Crippen LogP contribution in [0.1, 0.15) is 0 Å². The molecule has 60 valence electrons. The van der Waals surface area contributed by atoms with E-state index in [1.165, 1.54) is 12.1 Å². The van der Waals surface area contributed by atoms with Crippen molar-refractivity contribution in [3.05, 3.63) is 24.3 Å². The lowest BCUT2D eigenvalue weighted by Gasteiger charge is -2.06. The third kappa shape index (κ3) is 1.81. The molecule has 2 N–H and O–H groups in total. The first-order chi connectivity index (χ1) is 5.24. The van der Waals surface area contributed by atoms with E-state index in [9.17, 15) is 4.48 Å². The number of nitrogens with two attached hydrogens (primary N) is 1. The largest absolute Gasteiger partial charge is 0.497 e. The van der Waals surface area contributed by atoms with Crippen molar-refractivity contribution in [2.24, 2.45) is 5.84 Å². The van der Waals surface area contributed by atoms with Gasteiger partial charge in [-0.15, -0.1) is 5.23 Å². The summed E-state index contributed by atoms with van der Waals surface area (Å²) in [5.74, 6) is 5.51. The number of ether oxygens (including phenoxy) is 1. The fraction of sp³-hybridized carbons (Fsp3) is 0.143. The van der Waals surface area contributed by atoms with Crippen LogP contribution in [0.5, 0.6) is 5.75 Å². The Hall–Kier alpha value is -1.29. The molecule has 0 aliphatic rings. The minimum Gasteiger partial charge on any atom is -0.497 e. The van der Waals surface area contributed by atoms with Crippen LogP contribution in [-0.4, -0.2) is 7.11 Å². The maximum Gasteiger partial charge on any atom is 0.119 e. The lowest BCUT2D eigenvalue weighted by atomic mass is 10.3. The average molecular weight is 156 g/mol. The summed E-state index contributed by atoms with van der Waals surface area (Å²) in [5.41, 5.74) is 0.297. The van der Waals surface area contributed by atoms with E-state index in [2.05, 4.69) is 0 Å². The standard InChI is InChI=1S/C7H9FN2O/c1-11-7-4-2-6(3-5-7)10(8)9/h2-5H,9H2,1H3. The molecule has 0 saturated carbocycles. The van der Waals surface area contributed by atoms with E-state index in [0.29, 0.717) is 11.4 Å². The van der Waals surface area contributed by atoms with Crippen LogP contribution in [0.15, 0.2) is 24.3 Å². The molecule has 0 bridgehead atoms. The molecule has 11 heavy (non-hydrogen) atoms. The van der Waals surface area contributed by atoms with Crippen LogP contribution in [0.3, 0.4) is 0 Å². The fourth-order valence-corrected chi connectivity index (χ4v) is 0.725. The number of hydrazine groups is 1. The third-order valence-electron chi connectivity index (χ3n) is 1.32. The molecule has 1 aromatic carbocycles. The molecule has 1 rings (SSSR count). The minimum atomic E-state index is 0.0550. The molecule has 0 radical (unpaired) electrons. The number of halogens is 1. The molecule has 0 unspecified atom stereocenters. The Kier molecular flexibility index (Phi) is 2.28. The quantitative estimate of drug-likeness (QED) is 0.398. The maximum absolute atomic E-state index is 12.2. The predicted molar refractivity (Wildman–Crippen MR) is 40.8 cm³/mol. The number of methoxy groups -OCH3 is 1. The van der Waals surface area contributed by atoms with Crippen molar-refractivity contribution in [3.63, 3.8) is 0 Å².